The van der Waals surface area contributed by atoms with Crippen LogP contribution in [0.15, 0.2) is 10.5 Å². The molecule has 0 amide bonds. The Bertz CT molecular complexity index is 327. The summed E-state index contributed by atoms with van der Waals surface area (Å²) in [5, 5.41) is 14.1. The van der Waals surface area contributed by atoms with Crippen molar-refractivity contribution >= 4 is 17.0 Å². The Morgan fingerprint density at radius 1 is 1.50 bits per heavy atom. The maximum Gasteiger partial charge on any atom is 0.0618 e. The standard InChI is InChI=1S/C9H11NOS/c1-6-9-3-2-8(10-11)4-7(9)5-12-6/h5,11H,2-4H2,1H3. The van der Waals surface area contributed by atoms with Crippen LogP contribution in [-0.4, -0.2) is 10.9 Å². The van der Waals surface area contributed by atoms with Crippen LogP contribution in [0.4, 0.5) is 0 Å². The smallest absolute Gasteiger partial charge is 0.0618 e. The first-order valence-electron chi connectivity index (χ1n) is 4.07. The molecule has 0 fully saturated rings. The Hall–Kier alpha value is -0.830. The molecule has 0 unspecified atom stereocenters. The van der Waals surface area contributed by atoms with Crippen molar-refractivity contribution in [3.8, 4) is 0 Å². The number of hydrogen-bond acceptors (Lipinski definition) is 3. The van der Waals surface area contributed by atoms with Gasteiger partial charge in [-0.1, -0.05) is 5.16 Å². The second-order valence-corrected chi connectivity index (χ2v) is 4.22. The fourth-order valence-electron chi connectivity index (χ4n) is 1.68. The van der Waals surface area contributed by atoms with E-state index in [1.807, 2.05) is 0 Å². The molecule has 2 nitrogen and oxygen atoms in total. The Morgan fingerprint density at radius 2 is 2.33 bits per heavy atom. The molecule has 0 aliphatic heterocycles. The zero-order valence-electron chi connectivity index (χ0n) is 7.00. The van der Waals surface area contributed by atoms with Crippen LogP contribution in [0.2, 0.25) is 0 Å². The van der Waals surface area contributed by atoms with Crippen LogP contribution < -0.4 is 0 Å². The van der Waals surface area contributed by atoms with Gasteiger partial charge in [0.05, 0.1) is 5.71 Å². The molecule has 64 valence electrons. The minimum absolute atomic E-state index is 0.843. The molecule has 1 aromatic heterocycles. The molecule has 0 spiro atoms. The molecule has 0 aromatic carbocycles. The van der Waals surface area contributed by atoms with Gasteiger partial charge in [0, 0.05) is 11.3 Å². The average molecular weight is 181 g/mol. The molecule has 0 saturated heterocycles. The molecule has 0 saturated carbocycles. The first-order valence-corrected chi connectivity index (χ1v) is 4.95. The summed E-state index contributed by atoms with van der Waals surface area (Å²) in [4.78, 5) is 1.42. The molecule has 1 aliphatic rings. The summed E-state index contributed by atoms with van der Waals surface area (Å²) >= 11 is 1.80. The normalized spacial score (nSPS) is 19.6. The van der Waals surface area contributed by atoms with E-state index in [4.69, 9.17) is 5.21 Å². The van der Waals surface area contributed by atoms with Gasteiger partial charge in [-0.3, -0.25) is 0 Å². The van der Waals surface area contributed by atoms with E-state index in [1.165, 1.54) is 16.0 Å². The maximum absolute atomic E-state index is 8.61. The summed E-state index contributed by atoms with van der Waals surface area (Å²) in [6.07, 6.45) is 2.81. The van der Waals surface area contributed by atoms with Gasteiger partial charge in [-0.05, 0) is 36.3 Å². The topological polar surface area (TPSA) is 32.6 Å². The van der Waals surface area contributed by atoms with Crippen LogP contribution in [0.5, 0.6) is 0 Å². The number of thiophene rings is 1. The van der Waals surface area contributed by atoms with Crippen molar-refractivity contribution in [2.24, 2.45) is 5.16 Å². The molecule has 3 heteroatoms. The van der Waals surface area contributed by atoms with Crippen molar-refractivity contribution in [3.05, 3.63) is 21.4 Å². The highest BCUT2D eigenvalue weighted by atomic mass is 32.1. The van der Waals surface area contributed by atoms with Gasteiger partial charge in [0.15, 0.2) is 0 Å². The van der Waals surface area contributed by atoms with Crippen molar-refractivity contribution in [2.75, 3.05) is 0 Å². The largest absolute Gasteiger partial charge is 0.411 e. The van der Waals surface area contributed by atoms with Crippen molar-refractivity contribution in [1.82, 2.24) is 0 Å². The van der Waals surface area contributed by atoms with E-state index in [2.05, 4.69) is 17.5 Å². The lowest BCUT2D eigenvalue weighted by Crippen LogP contribution is -2.12. The third kappa shape index (κ3) is 1.14. The second kappa shape index (κ2) is 2.90. The van der Waals surface area contributed by atoms with Gasteiger partial charge in [-0.15, -0.1) is 11.3 Å². The highest BCUT2D eigenvalue weighted by Gasteiger charge is 2.17. The van der Waals surface area contributed by atoms with Crippen molar-refractivity contribution in [2.45, 2.75) is 26.2 Å². The SMILES string of the molecule is Cc1scc2c1CCC(=NO)C2. The third-order valence-corrected chi connectivity index (χ3v) is 3.39. The number of oxime groups is 1. The predicted molar refractivity (Wildman–Crippen MR) is 50.3 cm³/mol. The summed E-state index contributed by atoms with van der Waals surface area (Å²) < 4.78 is 0. The number of rotatable bonds is 0. The number of nitrogens with zero attached hydrogens (tertiary/aromatic N) is 1. The van der Waals surface area contributed by atoms with Crippen molar-refractivity contribution in [1.29, 1.82) is 0 Å². The molecule has 0 bridgehead atoms. The lowest BCUT2D eigenvalue weighted by molar-refractivity contribution is 0.316. The van der Waals surface area contributed by atoms with Gasteiger partial charge >= 0.3 is 0 Å². The van der Waals surface area contributed by atoms with E-state index in [1.54, 1.807) is 11.3 Å². The highest BCUT2D eigenvalue weighted by molar-refractivity contribution is 7.10. The van der Waals surface area contributed by atoms with Gasteiger partial charge < -0.3 is 5.21 Å². The highest BCUT2D eigenvalue weighted by Crippen LogP contribution is 2.27. The Kier molecular flexibility index (Phi) is 1.89. The van der Waals surface area contributed by atoms with Crippen molar-refractivity contribution in [3.63, 3.8) is 0 Å². The second-order valence-electron chi connectivity index (χ2n) is 3.14. The van der Waals surface area contributed by atoms with Crippen LogP contribution in [-0.2, 0) is 12.8 Å². The summed E-state index contributed by atoms with van der Waals surface area (Å²) in [5.74, 6) is 0. The van der Waals surface area contributed by atoms with Gasteiger partial charge in [0.25, 0.3) is 0 Å². The number of aryl methyl sites for hydroxylation is 1. The zero-order chi connectivity index (χ0) is 8.55. The monoisotopic (exact) mass is 181 g/mol. The summed E-state index contributed by atoms with van der Waals surface area (Å²) in [5.41, 5.74) is 3.75. The van der Waals surface area contributed by atoms with E-state index in [0.717, 1.165) is 25.0 Å². The van der Waals surface area contributed by atoms with Crippen LogP contribution in [0.1, 0.15) is 22.4 Å². The minimum Gasteiger partial charge on any atom is -0.411 e. The van der Waals surface area contributed by atoms with E-state index in [0.29, 0.717) is 0 Å². The Balaban J connectivity index is 2.36. The lowest BCUT2D eigenvalue weighted by atomic mass is 9.93. The van der Waals surface area contributed by atoms with E-state index in [9.17, 15) is 0 Å². The van der Waals surface area contributed by atoms with Gasteiger partial charge in [0.1, 0.15) is 0 Å². The van der Waals surface area contributed by atoms with Crippen molar-refractivity contribution < 1.29 is 5.21 Å². The molecule has 1 N–H and O–H groups in total. The molecular formula is C9H11NOS. The first kappa shape index (κ1) is 7.80. The van der Waals surface area contributed by atoms with Crippen LogP contribution in [0.3, 0.4) is 0 Å². The van der Waals surface area contributed by atoms with Crippen LogP contribution in [0.25, 0.3) is 0 Å². The van der Waals surface area contributed by atoms with E-state index < -0.39 is 0 Å². The molecule has 0 radical (unpaired) electrons. The molecule has 2 rings (SSSR count). The quantitative estimate of drug-likeness (QED) is 0.483. The van der Waals surface area contributed by atoms with Crippen LogP contribution in [0, 0.1) is 6.92 Å². The van der Waals surface area contributed by atoms with Gasteiger partial charge in [0.2, 0.25) is 0 Å². The fraction of sp³-hybridized carbons (Fsp3) is 0.444. The average Bonchev–Trinajstić information content (AvgIpc) is 2.47. The fourth-order valence-corrected chi connectivity index (χ4v) is 2.60. The molecule has 1 heterocycles. The lowest BCUT2D eigenvalue weighted by Gasteiger charge is -2.12. The van der Waals surface area contributed by atoms with Gasteiger partial charge in [-0.25, -0.2) is 0 Å². The number of fused-ring (bicyclic) bond motifs is 1. The molecule has 12 heavy (non-hydrogen) atoms. The summed E-state index contributed by atoms with van der Waals surface area (Å²) in [6.45, 7) is 2.16. The Labute approximate surface area is 75.5 Å². The Morgan fingerprint density at radius 3 is 3.08 bits per heavy atom. The molecular weight excluding hydrogens is 170 g/mol. The third-order valence-electron chi connectivity index (χ3n) is 2.39. The molecule has 0 atom stereocenters. The van der Waals surface area contributed by atoms with E-state index in [-0.39, 0.29) is 0 Å². The van der Waals surface area contributed by atoms with Gasteiger partial charge in [-0.2, -0.15) is 0 Å². The number of hydrogen-bond donors (Lipinski definition) is 1. The first-order chi connectivity index (χ1) is 5.81. The van der Waals surface area contributed by atoms with E-state index >= 15 is 0 Å². The van der Waals surface area contributed by atoms with Crippen LogP contribution >= 0.6 is 11.3 Å². The zero-order valence-corrected chi connectivity index (χ0v) is 7.82. The summed E-state index contributed by atoms with van der Waals surface area (Å²) in [6, 6.07) is 0. The summed E-state index contributed by atoms with van der Waals surface area (Å²) in [7, 11) is 0. The molecule has 1 aliphatic carbocycles. The minimum atomic E-state index is 0.843. The maximum atomic E-state index is 8.61. The molecule has 1 aromatic rings. The predicted octanol–water partition coefficient (Wildman–Crippen LogP) is 2.38.